The highest BCUT2D eigenvalue weighted by Gasteiger charge is 1.99. The van der Waals surface area contributed by atoms with Gasteiger partial charge < -0.3 is 19.9 Å². The molecule has 0 atom stereocenters. The highest BCUT2D eigenvalue weighted by Crippen LogP contribution is 2.20. The van der Waals surface area contributed by atoms with E-state index in [4.69, 9.17) is 19.9 Å². The van der Waals surface area contributed by atoms with Crippen LogP contribution >= 0.6 is 11.8 Å². The Labute approximate surface area is 146 Å². The average molecular weight is 346 g/mol. The van der Waals surface area contributed by atoms with E-state index in [2.05, 4.69) is 4.99 Å². The van der Waals surface area contributed by atoms with Crippen molar-refractivity contribution in [3.8, 4) is 17.2 Å². The van der Waals surface area contributed by atoms with E-state index in [0.29, 0.717) is 18.4 Å². The van der Waals surface area contributed by atoms with Crippen LogP contribution in [0.5, 0.6) is 17.2 Å². The molecule has 0 aliphatic carbocycles. The van der Waals surface area contributed by atoms with Gasteiger partial charge in [-0.1, -0.05) is 11.8 Å². The maximum absolute atomic E-state index is 5.92. The smallest absolute Gasteiger partial charge is 0.159 e. The molecule has 0 saturated heterocycles. The third kappa shape index (κ3) is 6.04. The number of nitrogens with two attached hydrogens (primary N) is 1. The summed E-state index contributed by atoms with van der Waals surface area (Å²) in [6, 6.07) is 15.0. The molecule has 0 heterocycles. The Morgan fingerprint density at radius 2 is 1.54 bits per heavy atom. The minimum absolute atomic E-state index is 0.510. The van der Waals surface area contributed by atoms with Crippen LogP contribution in [0.25, 0.3) is 0 Å². The van der Waals surface area contributed by atoms with Crippen LogP contribution in [0.15, 0.2) is 53.5 Å². The van der Waals surface area contributed by atoms with E-state index in [1.54, 1.807) is 7.11 Å². The number of rotatable bonds is 8. The van der Waals surface area contributed by atoms with Crippen LogP contribution in [0.2, 0.25) is 0 Å². The second kappa shape index (κ2) is 9.72. The lowest BCUT2D eigenvalue weighted by Gasteiger charge is -2.07. The molecule has 0 fully saturated rings. The summed E-state index contributed by atoms with van der Waals surface area (Å²) in [5.41, 5.74) is 6.72. The maximum atomic E-state index is 5.92. The van der Waals surface area contributed by atoms with Crippen LogP contribution in [0.1, 0.15) is 6.92 Å². The summed E-state index contributed by atoms with van der Waals surface area (Å²) in [5, 5.41) is 0.510. The molecule has 2 aromatic carbocycles. The van der Waals surface area contributed by atoms with Crippen molar-refractivity contribution in [2.24, 2.45) is 10.7 Å². The SMILES string of the molecule is CCOc1ccc(OCCSC(N)=Nc2ccc(OC)cc2)cc1. The number of methoxy groups -OCH3 is 1. The highest BCUT2D eigenvalue weighted by molar-refractivity contribution is 8.13. The molecule has 0 amide bonds. The molecule has 6 heteroatoms. The second-order valence-corrected chi connectivity index (χ2v) is 5.86. The summed E-state index contributed by atoms with van der Waals surface area (Å²) in [6.07, 6.45) is 0. The Hall–Kier alpha value is -2.34. The Balaban J connectivity index is 1.73. The third-order valence-electron chi connectivity index (χ3n) is 3.05. The van der Waals surface area contributed by atoms with Crippen LogP contribution in [-0.4, -0.2) is 31.2 Å². The summed E-state index contributed by atoms with van der Waals surface area (Å²) in [7, 11) is 1.63. The molecule has 128 valence electrons. The van der Waals surface area contributed by atoms with Gasteiger partial charge in [-0.05, 0) is 55.5 Å². The molecule has 0 radical (unpaired) electrons. The van der Waals surface area contributed by atoms with E-state index in [9.17, 15) is 0 Å². The van der Waals surface area contributed by atoms with Crippen molar-refractivity contribution in [2.45, 2.75) is 6.92 Å². The Morgan fingerprint density at radius 3 is 2.12 bits per heavy atom. The Bertz CT molecular complexity index is 642. The number of ether oxygens (including phenoxy) is 3. The standard InChI is InChI=1S/C18H22N2O3S/c1-3-22-16-8-10-17(11-9-16)23-12-13-24-18(19)20-14-4-6-15(21-2)7-5-14/h4-11H,3,12-13H2,1-2H3,(H2,19,20). The lowest BCUT2D eigenvalue weighted by molar-refractivity contribution is 0.332. The monoisotopic (exact) mass is 346 g/mol. The molecule has 0 aliphatic heterocycles. The number of benzene rings is 2. The number of hydrogen-bond acceptors (Lipinski definition) is 5. The van der Waals surface area contributed by atoms with Crippen molar-refractivity contribution in [3.05, 3.63) is 48.5 Å². The first-order valence-electron chi connectivity index (χ1n) is 7.68. The molecule has 0 aliphatic rings. The molecule has 0 saturated carbocycles. The van der Waals surface area contributed by atoms with Gasteiger partial charge in [0.1, 0.15) is 17.2 Å². The van der Waals surface area contributed by atoms with Gasteiger partial charge in [-0.3, -0.25) is 0 Å². The number of hydrogen-bond donors (Lipinski definition) is 1. The molecular formula is C18H22N2O3S. The van der Waals surface area contributed by atoms with Crippen molar-refractivity contribution < 1.29 is 14.2 Å². The van der Waals surface area contributed by atoms with Gasteiger partial charge in [0, 0.05) is 5.75 Å². The molecule has 0 bridgehead atoms. The molecule has 24 heavy (non-hydrogen) atoms. The van der Waals surface area contributed by atoms with Gasteiger partial charge >= 0.3 is 0 Å². The van der Waals surface area contributed by atoms with Crippen LogP contribution in [-0.2, 0) is 0 Å². The molecule has 5 nitrogen and oxygen atoms in total. The fourth-order valence-electron chi connectivity index (χ4n) is 1.92. The predicted octanol–water partition coefficient (Wildman–Crippen LogP) is 3.85. The minimum Gasteiger partial charge on any atom is -0.497 e. The second-order valence-electron chi connectivity index (χ2n) is 4.75. The first-order valence-corrected chi connectivity index (χ1v) is 8.66. The molecule has 0 spiro atoms. The fraction of sp³-hybridized carbons (Fsp3) is 0.278. The number of nitrogens with zero attached hydrogens (tertiary/aromatic N) is 1. The maximum Gasteiger partial charge on any atom is 0.159 e. The zero-order chi connectivity index (χ0) is 17.2. The van der Waals surface area contributed by atoms with E-state index in [0.717, 1.165) is 28.7 Å². The van der Waals surface area contributed by atoms with Crippen molar-refractivity contribution in [1.29, 1.82) is 0 Å². The Kier molecular flexibility index (Phi) is 7.29. The predicted molar refractivity (Wildman–Crippen MR) is 99.8 cm³/mol. The van der Waals surface area contributed by atoms with Crippen LogP contribution in [0, 0.1) is 0 Å². The summed E-state index contributed by atoms with van der Waals surface area (Å²) < 4.78 is 16.2. The van der Waals surface area contributed by atoms with Crippen LogP contribution < -0.4 is 19.9 Å². The minimum atomic E-state index is 0.510. The van der Waals surface area contributed by atoms with Gasteiger partial charge in [-0.15, -0.1) is 0 Å². The van der Waals surface area contributed by atoms with E-state index >= 15 is 0 Å². The molecule has 0 aromatic heterocycles. The number of amidine groups is 1. The summed E-state index contributed by atoms with van der Waals surface area (Å²) >= 11 is 1.46. The van der Waals surface area contributed by atoms with Crippen molar-refractivity contribution in [1.82, 2.24) is 0 Å². The lowest BCUT2D eigenvalue weighted by atomic mass is 10.3. The third-order valence-corrected chi connectivity index (χ3v) is 3.81. The average Bonchev–Trinajstić information content (AvgIpc) is 2.61. The lowest BCUT2D eigenvalue weighted by Crippen LogP contribution is -2.10. The van der Waals surface area contributed by atoms with E-state index < -0.39 is 0 Å². The van der Waals surface area contributed by atoms with Gasteiger partial charge in [0.15, 0.2) is 5.17 Å². The Morgan fingerprint density at radius 1 is 0.958 bits per heavy atom. The zero-order valence-corrected chi connectivity index (χ0v) is 14.7. The van der Waals surface area contributed by atoms with Crippen LogP contribution in [0.4, 0.5) is 5.69 Å². The molecule has 2 rings (SSSR count). The molecule has 2 N–H and O–H groups in total. The highest BCUT2D eigenvalue weighted by atomic mass is 32.2. The zero-order valence-electron chi connectivity index (χ0n) is 13.9. The van der Waals surface area contributed by atoms with E-state index in [-0.39, 0.29) is 0 Å². The van der Waals surface area contributed by atoms with Gasteiger partial charge in [0.25, 0.3) is 0 Å². The van der Waals surface area contributed by atoms with Gasteiger partial charge in [-0.25, -0.2) is 4.99 Å². The van der Waals surface area contributed by atoms with Gasteiger partial charge in [0.2, 0.25) is 0 Å². The number of thioether (sulfide) groups is 1. The summed E-state index contributed by atoms with van der Waals surface area (Å²) in [6.45, 7) is 3.17. The van der Waals surface area contributed by atoms with E-state index in [1.165, 1.54) is 11.8 Å². The first kappa shape index (κ1) is 18.0. The summed E-state index contributed by atoms with van der Waals surface area (Å²) in [5.74, 6) is 3.17. The van der Waals surface area contributed by atoms with Crippen molar-refractivity contribution in [2.75, 3.05) is 26.1 Å². The topological polar surface area (TPSA) is 66.1 Å². The molecule has 2 aromatic rings. The van der Waals surface area contributed by atoms with Gasteiger partial charge in [0.05, 0.1) is 26.0 Å². The molecular weight excluding hydrogens is 324 g/mol. The van der Waals surface area contributed by atoms with Crippen LogP contribution in [0.3, 0.4) is 0 Å². The largest absolute Gasteiger partial charge is 0.497 e. The van der Waals surface area contributed by atoms with Gasteiger partial charge in [-0.2, -0.15) is 0 Å². The van der Waals surface area contributed by atoms with Crippen molar-refractivity contribution in [3.63, 3.8) is 0 Å². The first-order chi connectivity index (χ1) is 11.7. The normalized spacial score (nSPS) is 11.2. The molecule has 0 unspecified atom stereocenters. The fourth-order valence-corrected chi connectivity index (χ4v) is 2.47. The quantitative estimate of drug-likeness (QED) is 0.447. The van der Waals surface area contributed by atoms with Crippen molar-refractivity contribution >= 4 is 22.6 Å². The summed E-state index contributed by atoms with van der Waals surface area (Å²) in [4.78, 5) is 4.34. The van der Waals surface area contributed by atoms with E-state index in [1.807, 2.05) is 55.5 Å². The number of aliphatic imine (C=N–C) groups is 1.